The highest BCUT2D eigenvalue weighted by Crippen LogP contribution is 2.31. The van der Waals surface area contributed by atoms with Crippen LogP contribution < -0.4 is 0 Å². The van der Waals surface area contributed by atoms with E-state index in [4.69, 9.17) is 23.2 Å². The lowest BCUT2D eigenvalue weighted by Crippen LogP contribution is -2.26. The molecule has 0 amide bonds. The molecule has 0 aliphatic heterocycles. The number of aromatic nitrogens is 2. The Morgan fingerprint density at radius 2 is 2.06 bits per heavy atom. The largest absolute Gasteiger partial charge is 0.321 e. The van der Waals surface area contributed by atoms with Gasteiger partial charge in [-0.15, -0.1) is 11.6 Å². The van der Waals surface area contributed by atoms with Gasteiger partial charge in [0.25, 0.3) is 0 Å². The minimum atomic E-state index is -0.432. The normalized spacial score (nSPS) is 12.3. The third-order valence-corrected chi connectivity index (χ3v) is 3.88. The van der Waals surface area contributed by atoms with E-state index in [9.17, 15) is 4.39 Å². The number of halogens is 3. The molecule has 2 aromatic rings. The summed E-state index contributed by atoms with van der Waals surface area (Å²) in [5.74, 6) is 0.593. The van der Waals surface area contributed by atoms with Crippen LogP contribution in [0.4, 0.5) is 4.39 Å². The average molecular weight is 289 g/mol. The number of hydrogen-bond acceptors (Lipinski definition) is 1. The van der Waals surface area contributed by atoms with Crippen molar-refractivity contribution in [2.24, 2.45) is 0 Å². The van der Waals surface area contributed by atoms with Gasteiger partial charge >= 0.3 is 0 Å². The van der Waals surface area contributed by atoms with Crippen LogP contribution in [0.1, 0.15) is 33.0 Å². The van der Waals surface area contributed by atoms with Crippen molar-refractivity contribution in [3.05, 3.63) is 28.8 Å². The van der Waals surface area contributed by atoms with Gasteiger partial charge in [-0.25, -0.2) is 9.37 Å². The first-order valence-corrected chi connectivity index (χ1v) is 6.74. The summed E-state index contributed by atoms with van der Waals surface area (Å²) in [6, 6.07) is 2.97. The number of imidazole rings is 1. The van der Waals surface area contributed by atoms with Gasteiger partial charge in [0.2, 0.25) is 0 Å². The Kier molecular flexibility index (Phi) is 3.56. The average Bonchev–Trinajstić information content (AvgIpc) is 2.68. The Bertz CT molecular complexity index is 590. The summed E-state index contributed by atoms with van der Waals surface area (Å²) in [6.07, 6.45) is 0.895. The molecule has 98 valence electrons. The fourth-order valence-electron chi connectivity index (χ4n) is 2.05. The molecule has 1 aromatic carbocycles. The second-order valence-electron chi connectivity index (χ2n) is 4.92. The van der Waals surface area contributed by atoms with Gasteiger partial charge in [-0.1, -0.05) is 18.5 Å². The minimum Gasteiger partial charge on any atom is -0.321 e. The van der Waals surface area contributed by atoms with Crippen molar-refractivity contribution >= 4 is 34.2 Å². The summed E-state index contributed by atoms with van der Waals surface area (Å²) in [5.41, 5.74) is 1.25. The summed E-state index contributed by atoms with van der Waals surface area (Å²) in [7, 11) is 0. The second kappa shape index (κ2) is 4.71. The van der Waals surface area contributed by atoms with Crippen LogP contribution >= 0.6 is 23.2 Å². The molecule has 0 fully saturated rings. The molecular weight excluding hydrogens is 274 g/mol. The van der Waals surface area contributed by atoms with E-state index in [-0.39, 0.29) is 16.4 Å². The summed E-state index contributed by atoms with van der Waals surface area (Å²) < 4.78 is 15.6. The first kappa shape index (κ1) is 13.6. The summed E-state index contributed by atoms with van der Waals surface area (Å²) >= 11 is 11.7. The lowest BCUT2D eigenvalue weighted by atomic mass is 10.0. The van der Waals surface area contributed by atoms with Gasteiger partial charge < -0.3 is 4.57 Å². The van der Waals surface area contributed by atoms with Crippen LogP contribution in [0.5, 0.6) is 0 Å². The maximum Gasteiger partial charge on any atom is 0.144 e. The van der Waals surface area contributed by atoms with Gasteiger partial charge in [0.05, 0.1) is 21.9 Å². The van der Waals surface area contributed by atoms with Gasteiger partial charge in [0.1, 0.15) is 11.6 Å². The number of nitrogens with zero attached hydrogens (tertiary/aromatic N) is 2. The Morgan fingerprint density at radius 3 is 2.61 bits per heavy atom. The smallest absolute Gasteiger partial charge is 0.144 e. The molecule has 0 N–H and O–H groups in total. The van der Waals surface area contributed by atoms with Gasteiger partial charge in [-0.3, -0.25) is 0 Å². The molecule has 2 nitrogen and oxygen atoms in total. The molecular formula is C13H15Cl2FN2. The van der Waals surface area contributed by atoms with Crippen molar-refractivity contribution in [3.63, 3.8) is 0 Å². The maximum atomic E-state index is 13.6. The van der Waals surface area contributed by atoms with Crippen molar-refractivity contribution in [1.29, 1.82) is 0 Å². The maximum absolute atomic E-state index is 13.6. The van der Waals surface area contributed by atoms with Crippen LogP contribution in [-0.4, -0.2) is 9.55 Å². The zero-order chi connectivity index (χ0) is 13.5. The van der Waals surface area contributed by atoms with Crippen LogP contribution in [0.3, 0.4) is 0 Å². The number of alkyl halides is 1. The molecule has 0 spiro atoms. The molecule has 0 atom stereocenters. The van der Waals surface area contributed by atoms with Crippen molar-refractivity contribution in [3.8, 4) is 0 Å². The van der Waals surface area contributed by atoms with Gasteiger partial charge in [-0.2, -0.15) is 0 Å². The van der Waals surface area contributed by atoms with E-state index in [0.29, 0.717) is 5.52 Å². The first-order chi connectivity index (χ1) is 8.40. The fourth-order valence-corrected chi connectivity index (χ4v) is 2.38. The summed E-state index contributed by atoms with van der Waals surface area (Å²) in [6.45, 7) is 6.24. The van der Waals surface area contributed by atoms with Gasteiger partial charge in [-0.05, 0) is 26.3 Å². The standard InChI is InChI=1S/C13H15Cl2FN2/c1-4-13(2,3)18-11-6-9(16)8(15)5-10(11)17-12(18)7-14/h5-6H,4,7H2,1-3H3. The molecule has 0 saturated heterocycles. The molecule has 0 radical (unpaired) electrons. The highest BCUT2D eigenvalue weighted by atomic mass is 35.5. The molecule has 18 heavy (non-hydrogen) atoms. The van der Waals surface area contributed by atoms with E-state index >= 15 is 0 Å². The lowest BCUT2D eigenvalue weighted by Gasteiger charge is -2.27. The van der Waals surface area contributed by atoms with E-state index in [2.05, 4.69) is 25.8 Å². The summed E-state index contributed by atoms with van der Waals surface area (Å²) in [5, 5.41) is 0.0857. The van der Waals surface area contributed by atoms with Crippen molar-refractivity contribution < 1.29 is 4.39 Å². The minimum absolute atomic E-state index is 0.0857. The molecule has 0 bridgehead atoms. The third kappa shape index (κ3) is 2.10. The van der Waals surface area contributed by atoms with Gasteiger partial charge in [0, 0.05) is 11.6 Å². The lowest BCUT2D eigenvalue weighted by molar-refractivity contribution is 0.344. The van der Waals surface area contributed by atoms with Crippen LogP contribution in [0, 0.1) is 5.82 Å². The van der Waals surface area contributed by atoms with E-state index in [0.717, 1.165) is 17.8 Å². The molecule has 0 aliphatic carbocycles. The first-order valence-electron chi connectivity index (χ1n) is 5.83. The number of fused-ring (bicyclic) bond motifs is 1. The van der Waals surface area contributed by atoms with Crippen molar-refractivity contribution in [2.45, 2.75) is 38.6 Å². The Hall–Kier alpha value is -0.800. The zero-order valence-electron chi connectivity index (χ0n) is 10.6. The monoisotopic (exact) mass is 288 g/mol. The highest BCUT2D eigenvalue weighted by Gasteiger charge is 2.24. The van der Waals surface area contributed by atoms with Crippen molar-refractivity contribution in [1.82, 2.24) is 9.55 Å². The van der Waals surface area contributed by atoms with E-state index in [1.807, 2.05) is 4.57 Å². The quantitative estimate of drug-likeness (QED) is 0.748. The SMILES string of the molecule is CCC(C)(C)n1c(CCl)nc2cc(Cl)c(F)cc21. The highest BCUT2D eigenvalue weighted by molar-refractivity contribution is 6.31. The molecule has 1 aromatic heterocycles. The zero-order valence-corrected chi connectivity index (χ0v) is 12.1. The van der Waals surface area contributed by atoms with Crippen LogP contribution in [0.2, 0.25) is 5.02 Å². The Balaban J connectivity index is 2.81. The predicted octanol–water partition coefficient (Wildman–Crippen LogP) is 4.71. The third-order valence-electron chi connectivity index (χ3n) is 3.36. The van der Waals surface area contributed by atoms with Crippen LogP contribution in [0.15, 0.2) is 12.1 Å². The molecule has 5 heteroatoms. The number of hydrogen-bond donors (Lipinski definition) is 0. The Morgan fingerprint density at radius 1 is 1.39 bits per heavy atom. The molecule has 0 unspecified atom stereocenters. The second-order valence-corrected chi connectivity index (χ2v) is 5.59. The van der Waals surface area contributed by atoms with Gasteiger partial charge in [0.15, 0.2) is 0 Å². The number of rotatable bonds is 3. The fraction of sp³-hybridized carbons (Fsp3) is 0.462. The topological polar surface area (TPSA) is 17.8 Å². The molecule has 2 rings (SSSR count). The van der Waals surface area contributed by atoms with E-state index in [1.165, 1.54) is 6.07 Å². The molecule has 1 heterocycles. The molecule has 0 aliphatic rings. The predicted molar refractivity (Wildman–Crippen MR) is 73.9 cm³/mol. The summed E-state index contributed by atoms with van der Waals surface area (Å²) in [4.78, 5) is 4.43. The van der Waals surface area contributed by atoms with Crippen LogP contribution in [-0.2, 0) is 11.4 Å². The number of benzene rings is 1. The van der Waals surface area contributed by atoms with Crippen LogP contribution in [0.25, 0.3) is 11.0 Å². The Labute approximate surface area is 116 Å². The van der Waals surface area contributed by atoms with Crippen molar-refractivity contribution in [2.75, 3.05) is 0 Å². The van der Waals surface area contributed by atoms with E-state index in [1.54, 1.807) is 6.07 Å². The van der Waals surface area contributed by atoms with E-state index < -0.39 is 5.82 Å². The molecule has 0 saturated carbocycles.